The van der Waals surface area contributed by atoms with Gasteiger partial charge in [0.2, 0.25) is 10.0 Å². The summed E-state index contributed by atoms with van der Waals surface area (Å²) in [4.78, 5) is 0. The molecule has 0 aromatic rings. The van der Waals surface area contributed by atoms with Crippen molar-refractivity contribution in [3.05, 3.63) is 0 Å². The molecule has 2 unspecified atom stereocenters. The zero-order valence-electron chi connectivity index (χ0n) is 9.43. The van der Waals surface area contributed by atoms with Crippen LogP contribution in [-0.4, -0.2) is 55.9 Å². The predicted molar refractivity (Wildman–Crippen MR) is 61.6 cm³/mol. The molecule has 0 aromatic carbocycles. The van der Waals surface area contributed by atoms with Crippen molar-refractivity contribution in [2.75, 3.05) is 32.0 Å². The Kier molecular flexibility index (Phi) is 3.84. The minimum absolute atomic E-state index is 0.0910. The zero-order chi connectivity index (χ0) is 11.6. The minimum Gasteiger partial charge on any atom is -0.396 e. The summed E-state index contributed by atoms with van der Waals surface area (Å²) in [5.74, 6) is 0.344. The molecule has 2 N–H and O–H groups in total. The van der Waals surface area contributed by atoms with Gasteiger partial charge in [0, 0.05) is 25.7 Å². The molecule has 2 heterocycles. The van der Waals surface area contributed by atoms with Crippen LogP contribution in [0.5, 0.6) is 0 Å². The molecule has 2 aliphatic rings. The molecule has 2 saturated heterocycles. The Labute approximate surface area is 96.9 Å². The molecular formula is C10H20N2O3S. The third-order valence-corrected chi connectivity index (χ3v) is 5.42. The Morgan fingerprint density at radius 1 is 1.38 bits per heavy atom. The molecule has 0 radical (unpaired) electrons. The molecule has 0 bridgehead atoms. The van der Waals surface area contributed by atoms with Crippen LogP contribution in [0, 0.1) is 5.92 Å². The van der Waals surface area contributed by atoms with E-state index >= 15 is 0 Å². The van der Waals surface area contributed by atoms with Crippen LogP contribution in [-0.2, 0) is 10.0 Å². The Bertz CT molecular complexity index is 325. The third-order valence-electron chi connectivity index (χ3n) is 3.47. The van der Waals surface area contributed by atoms with Crippen molar-refractivity contribution in [3.8, 4) is 0 Å². The summed E-state index contributed by atoms with van der Waals surface area (Å²) >= 11 is 0. The van der Waals surface area contributed by atoms with Crippen LogP contribution in [0.1, 0.15) is 19.3 Å². The lowest BCUT2D eigenvalue weighted by atomic mass is 10.1. The first-order chi connectivity index (χ1) is 7.62. The van der Waals surface area contributed by atoms with Gasteiger partial charge in [-0.3, -0.25) is 0 Å². The summed E-state index contributed by atoms with van der Waals surface area (Å²) in [6, 6.07) is 0.123. The van der Waals surface area contributed by atoms with Gasteiger partial charge in [-0.25, -0.2) is 12.7 Å². The second kappa shape index (κ2) is 5.00. The van der Waals surface area contributed by atoms with Crippen molar-refractivity contribution in [2.45, 2.75) is 25.3 Å². The number of hydrogen-bond acceptors (Lipinski definition) is 4. The highest BCUT2D eigenvalue weighted by molar-refractivity contribution is 7.89. The zero-order valence-corrected chi connectivity index (χ0v) is 10.2. The Balaban J connectivity index is 1.91. The topological polar surface area (TPSA) is 69.6 Å². The van der Waals surface area contributed by atoms with Gasteiger partial charge in [-0.1, -0.05) is 0 Å². The van der Waals surface area contributed by atoms with Gasteiger partial charge in [0.05, 0.1) is 5.75 Å². The third kappa shape index (κ3) is 2.74. The summed E-state index contributed by atoms with van der Waals surface area (Å²) in [5.41, 5.74) is 0. The minimum atomic E-state index is -3.13. The Hall–Kier alpha value is -0.170. The average Bonchev–Trinajstić information content (AvgIpc) is 2.85. The molecule has 5 nitrogen and oxygen atoms in total. The summed E-state index contributed by atoms with van der Waals surface area (Å²) < 4.78 is 25.6. The first-order valence-corrected chi connectivity index (χ1v) is 7.55. The fourth-order valence-electron chi connectivity index (χ4n) is 2.46. The first-order valence-electron chi connectivity index (χ1n) is 5.94. The van der Waals surface area contributed by atoms with E-state index in [0.29, 0.717) is 13.1 Å². The Morgan fingerprint density at radius 3 is 2.75 bits per heavy atom. The number of hydrogen-bond donors (Lipinski definition) is 2. The van der Waals surface area contributed by atoms with Gasteiger partial charge in [-0.15, -0.1) is 0 Å². The van der Waals surface area contributed by atoms with E-state index in [1.54, 1.807) is 0 Å². The van der Waals surface area contributed by atoms with Gasteiger partial charge < -0.3 is 10.4 Å². The SMILES string of the molecule is O=S(=O)(CC1CCCN1)N1CCC(CO)C1. The molecule has 6 heteroatoms. The van der Waals surface area contributed by atoms with Crippen molar-refractivity contribution in [3.63, 3.8) is 0 Å². The van der Waals surface area contributed by atoms with Gasteiger partial charge in [0.25, 0.3) is 0 Å². The largest absolute Gasteiger partial charge is 0.396 e. The quantitative estimate of drug-likeness (QED) is 0.696. The standard InChI is InChI=1S/C10H20N2O3S/c13-7-9-3-5-12(6-9)16(14,15)8-10-2-1-4-11-10/h9-11,13H,1-8H2. The maximum atomic E-state index is 12.1. The highest BCUT2D eigenvalue weighted by Crippen LogP contribution is 2.20. The number of aliphatic hydroxyl groups is 1. The van der Waals surface area contributed by atoms with E-state index in [-0.39, 0.29) is 24.3 Å². The molecule has 2 rings (SSSR count). The smallest absolute Gasteiger partial charge is 0.215 e. The summed E-state index contributed by atoms with van der Waals surface area (Å²) in [7, 11) is -3.13. The number of rotatable bonds is 4. The van der Waals surface area contributed by atoms with Crippen molar-refractivity contribution in [2.24, 2.45) is 5.92 Å². The van der Waals surface area contributed by atoms with Gasteiger partial charge in [0.1, 0.15) is 0 Å². The second-order valence-electron chi connectivity index (χ2n) is 4.77. The van der Waals surface area contributed by atoms with Crippen LogP contribution in [0.2, 0.25) is 0 Å². The molecular weight excluding hydrogens is 228 g/mol. The van der Waals surface area contributed by atoms with Crippen LogP contribution in [0.4, 0.5) is 0 Å². The van der Waals surface area contributed by atoms with E-state index in [0.717, 1.165) is 25.8 Å². The lowest BCUT2D eigenvalue weighted by molar-refractivity contribution is 0.233. The molecule has 94 valence electrons. The molecule has 2 atom stereocenters. The number of aliphatic hydroxyl groups excluding tert-OH is 1. The molecule has 0 spiro atoms. The van der Waals surface area contributed by atoms with Crippen molar-refractivity contribution < 1.29 is 13.5 Å². The lowest BCUT2D eigenvalue weighted by Gasteiger charge is -2.19. The van der Waals surface area contributed by atoms with Crippen LogP contribution >= 0.6 is 0 Å². The van der Waals surface area contributed by atoms with Crippen molar-refractivity contribution in [1.82, 2.24) is 9.62 Å². The molecule has 2 aliphatic heterocycles. The fraction of sp³-hybridized carbons (Fsp3) is 1.00. The van der Waals surface area contributed by atoms with Crippen molar-refractivity contribution >= 4 is 10.0 Å². The molecule has 16 heavy (non-hydrogen) atoms. The van der Waals surface area contributed by atoms with Crippen LogP contribution < -0.4 is 5.32 Å². The molecule has 0 aromatic heterocycles. The van der Waals surface area contributed by atoms with Crippen molar-refractivity contribution in [1.29, 1.82) is 0 Å². The van der Waals surface area contributed by atoms with E-state index in [4.69, 9.17) is 5.11 Å². The molecule has 0 saturated carbocycles. The van der Waals surface area contributed by atoms with E-state index in [2.05, 4.69) is 5.32 Å². The average molecular weight is 248 g/mol. The van der Waals surface area contributed by atoms with Gasteiger partial charge >= 0.3 is 0 Å². The van der Waals surface area contributed by atoms with E-state index in [1.807, 2.05) is 0 Å². The maximum absolute atomic E-state index is 12.1. The van der Waals surface area contributed by atoms with Crippen LogP contribution in [0.15, 0.2) is 0 Å². The van der Waals surface area contributed by atoms with Crippen LogP contribution in [0.3, 0.4) is 0 Å². The highest BCUT2D eigenvalue weighted by atomic mass is 32.2. The van der Waals surface area contributed by atoms with Gasteiger partial charge in [-0.2, -0.15) is 0 Å². The maximum Gasteiger partial charge on any atom is 0.215 e. The monoisotopic (exact) mass is 248 g/mol. The highest BCUT2D eigenvalue weighted by Gasteiger charge is 2.33. The Morgan fingerprint density at radius 2 is 2.19 bits per heavy atom. The normalized spacial score (nSPS) is 32.3. The summed E-state index contributed by atoms with van der Waals surface area (Å²) in [6.07, 6.45) is 2.81. The van der Waals surface area contributed by atoms with E-state index < -0.39 is 10.0 Å². The fourth-order valence-corrected chi connectivity index (χ4v) is 4.28. The van der Waals surface area contributed by atoms with E-state index in [9.17, 15) is 8.42 Å². The predicted octanol–water partition coefficient (Wildman–Crippen LogP) is -0.618. The first kappa shape index (κ1) is 12.3. The van der Waals surface area contributed by atoms with Gasteiger partial charge in [-0.05, 0) is 31.7 Å². The number of nitrogens with zero attached hydrogens (tertiary/aromatic N) is 1. The molecule has 2 fully saturated rings. The summed E-state index contributed by atoms with van der Waals surface area (Å²) in [6.45, 7) is 2.08. The molecule has 0 aliphatic carbocycles. The lowest BCUT2D eigenvalue weighted by Crippen LogP contribution is -2.38. The summed E-state index contributed by atoms with van der Waals surface area (Å²) in [5, 5.41) is 12.2. The van der Waals surface area contributed by atoms with E-state index in [1.165, 1.54) is 4.31 Å². The van der Waals surface area contributed by atoms with Gasteiger partial charge in [0.15, 0.2) is 0 Å². The number of sulfonamides is 1. The molecule has 0 amide bonds. The van der Waals surface area contributed by atoms with Crippen LogP contribution in [0.25, 0.3) is 0 Å². The second-order valence-corrected chi connectivity index (χ2v) is 6.78. The number of nitrogens with one attached hydrogen (secondary N) is 1.